The van der Waals surface area contributed by atoms with Crippen LogP contribution in [0.5, 0.6) is 0 Å². The topological polar surface area (TPSA) is 40.5 Å². The fraction of sp³-hybridized carbons (Fsp3) is 0.364. The van der Waals surface area contributed by atoms with E-state index in [2.05, 4.69) is 0 Å². The van der Waals surface area contributed by atoms with Gasteiger partial charge in [-0.15, -0.1) is 11.8 Å². The van der Waals surface area contributed by atoms with Crippen LogP contribution in [0.1, 0.15) is 11.6 Å². The Bertz CT molecular complexity index is 356. The third-order valence-corrected chi connectivity index (χ3v) is 3.68. The molecule has 1 aromatic rings. The van der Waals surface area contributed by atoms with Crippen molar-refractivity contribution >= 4 is 18.0 Å². The van der Waals surface area contributed by atoms with Gasteiger partial charge in [0.2, 0.25) is 0 Å². The van der Waals surface area contributed by atoms with Crippen LogP contribution in [0.3, 0.4) is 0 Å². The Morgan fingerprint density at radius 2 is 2.33 bits per heavy atom. The van der Waals surface area contributed by atoms with E-state index in [4.69, 9.17) is 5.11 Å². The van der Waals surface area contributed by atoms with E-state index in [1.807, 2.05) is 29.2 Å². The molecule has 1 N–H and O–H groups in total. The first-order valence-electron chi connectivity index (χ1n) is 4.88. The van der Waals surface area contributed by atoms with E-state index in [-0.39, 0.29) is 12.6 Å². The van der Waals surface area contributed by atoms with Crippen LogP contribution in [-0.4, -0.2) is 35.3 Å². The van der Waals surface area contributed by atoms with Crippen LogP contribution in [0.25, 0.3) is 0 Å². The van der Waals surface area contributed by atoms with Gasteiger partial charge in [-0.05, 0) is 11.6 Å². The molecular formula is C11H13NO2S. The van der Waals surface area contributed by atoms with Crippen molar-refractivity contribution in [3.63, 3.8) is 0 Å². The lowest BCUT2D eigenvalue weighted by atomic mass is 10.1. The monoisotopic (exact) mass is 223 g/mol. The lowest BCUT2D eigenvalue weighted by Gasteiger charge is -2.32. The van der Waals surface area contributed by atoms with Gasteiger partial charge in [-0.3, -0.25) is 4.90 Å². The van der Waals surface area contributed by atoms with Gasteiger partial charge in [0.25, 0.3) is 0 Å². The number of carbonyl (C=O) groups is 1. The molecular weight excluding hydrogens is 210 g/mol. The second kappa shape index (κ2) is 4.79. The molecule has 15 heavy (non-hydrogen) atoms. The summed E-state index contributed by atoms with van der Waals surface area (Å²) in [6.07, 6.45) is 0.953. The highest BCUT2D eigenvalue weighted by atomic mass is 32.2. The van der Waals surface area contributed by atoms with Crippen molar-refractivity contribution in [2.75, 3.05) is 19.0 Å². The Kier molecular flexibility index (Phi) is 3.41. The minimum Gasteiger partial charge on any atom is -0.395 e. The quantitative estimate of drug-likeness (QED) is 0.784. The molecule has 0 saturated heterocycles. The molecule has 1 aliphatic rings. The number of benzene rings is 1. The van der Waals surface area contributed by atoms with Crippen molar-refractivity contribution in [1.82, 2.24) is 4.90 Å². The van der Waals surface area contributed by atoms with Crippen LogP contribution in [0.4, 0.5) is 0 Å². The van der Waals surface area contributed by atoms with E-state index in [0.717, 1.165) is 17.7 Å². The van der Waals surface area contributed by atoms with E-state index in [0.29, 0.717) is 6.54 Å². The molecule has 1 unspecified atom stereocenters. The van der Waals surface area contributed by atoms with Crippen LogP contribution in [0.2, 0.25) is 0 Å². The fourth-order valence-electron chi connectivity index (χ4n) is 1.78. The number of aliphatic hydroxyl groups is 1. The predicted molar refractivity (Wildman–Crippen MR) is 59.8 cm³/mol. The number of nitrogens with zero attached hydrogens (tertiary/aromatic N) is 1. The molecule has 1 aromatic carbocycles. The number of fused-ring (bicyclic) bond motifs is 1. The molecule has 0 fully saturated rings. The summed E-state index contributed by atoms with van der Waals surface area (Å²) in [5, 5.41) is 8.91. The Morgan fingerprint density at radius 3 is 3.07 bits per heavy atom. The van der Waals surface area contributed by atoms with Gasteiger partial charge in [-0.1, -0.05) is 18.2 Å². The molecule has 80 valence electrons. The highest BCUT2D eigenvalue weighted by Crippen LogP contribution is 2.36. The fourth-order valence-corrected chi connectivity index (χ4v) is 2.90. The number of thioether (sulfide) groups is 1. The van der Waals surface area contributed by atoms with Crippen LogP contribution in [-0.2, 0) is 4.79 Å². The van der Waals surface area contributed by atoms with Gasteiger partial charge >= 0.3 is 0 Å². The molecule has 0 radical (unpaired) electrons. The third kappa shape index (κ3) is 2.07. The maximum absolute atomic E-state index is 11.1. The maximum atomic E-state index is 11.1. The van der Waals surface area contributed by atoms with Crippen LogP contribution in [0.15, 0.2) is 29.2 Å². The minimum absolute atomic E-state index is 0.0903. The number of rotatable bonds is 3. The summed E-state index contributed by atoms with van der Waals surface area (Å²) in [5.74, 6) is 0.765. The molecule has 0 saturated carbocycles. The van der Waals surface area contributed by atoms with E-state index in [9.17, 15) is 4.79 Å². The first kappa shape index (κ1) is 10.7. The number of aldehydes is 1. The molecule has 0 amide bonds. The zero-order chi connectivity index (χ0) is 10.7. The van der Waals surface area contributed by atoms with Gasteiger partial charge in [0, 0.05) is 11.4 Å². The number of hydrogen-bond acceptors (Lipinski definition) is 4. The highest BCUT2D eigenvalue weighted by Gasteiger charge is 2.26. The summed E-state index contributed by atoms with van der Waals surface area (Å²) >= 11 is 1.71. The molecule has 0 aliphatic carbocycles. The van der Waals surface area contributed by atoms with Crippen molar-refractivity contribution in [1.29, 1.82) is 0 Å². The van der Waals surface area contributed by atoms with Gasteiger partial charge in [-0.25, -0.2) is 0 Å². The molecule has 1 aliphatic heterocycles. The molecule has 4 heteroatoms. The largest absolute Gasteiger partial charge is 0.395 e. The summed E-state index contributed by atoms with van der Waals surface area (Å²) in [4.78, 5) is 14.2. The molecule has 1 atom stereocenters. The smallest absolute Gasteiger partial charge is 0.141 e. The lowest BCUT2D eigenvalue weighted by Crippen LogP contribution is -2.34. The van der Waals surface area contributed by atoms with Crippen molar-refractivity contribution in [2.24, 2.45) is 0 Å². The number of aliphatic hydroxyl groups excluding tert-OH is 1. The Morgan fingerprint density at radius 1 is 1.53 bits per heavy atom. The molecule has 0 spiro atoms. The summed E-state index contributed by atoms with van der Waals surface area (Å²) in [5.41, 5.74) is 1.05. The molecule has 0 aromatic heterocycles. The third-order valence-electron chi connectivity index (χ3n) is 2.53. The number of carbonyl (C=O) groups excluding carboxylic acids is 1. The first-order chi connectivity index (χ1) is 7.36. The van der Waals surface area contributed by atoms with Crippen LogP contribution in [0, 0.1) is 0 Å². The van der Waals surface area contributed by atoms with E-state index in [1.165, 1.54) is 4.90 Å². The predicted octanol–water partition coefficient (Wildman–Crippen LogP) is 1.28. The average Bonchev–Trinajstić information content (AvgIpc) is 2.29. The summed E-state index contributed by atoms with van der Waals surface area (Å²) in [6.45, 7) is 0.637. The summed E-state index contributed by atoms with van der Waals surface area (Å²) in [6, 6.07) is 7.74. The minimum atomic E-state index is -0.199. The first-order valence-corrected chi connectivity index (χ1v) is 5.87. The van der Waals surface area contributed by atoms with E-state index in [1.54, 1.807) is 11.8 Å². The SMILES string of the molecule is O=CC1c2ccccc2SCN1CCO. The van der Waals surface area contributed by atoms with Crippen molar-refractivity contribution in [3.8, 4) is 0 Å². The van der Waals surface area contributed by atoms with Gasteiger partial charge in [0.1, 0.15) is 6.29 Å². The highest BCUT2D eigenvalue weighted by molar-refractivity contribution is 7.99. The van der Waals surface area contributed by atoms with Gasteiger partial charge in [-0.2, -0.15) is 0 Å². The number of hydrogen-bond donors (Lipinski definition) is 1. The molecule has 3 nitrogen and oxygen atoms in total. The number of β-amino-alcohol motifs (C(OH)–C–C–N with tert-alkyl or cyclic N) is 1. The zero-order valence-corrected chi connectivity index (χ0v) is 9.11. The van der Waals surface area contributed by atoms with Crippen molar-refractivity contribution < 1.29 is 9.90 Å². The van der Waals surface area contributed by atoms with Crippen LogP contribution < -0.4 is 0 Å². The molecule has 2 rings (SSSR count). The van der Waals surface area contributed by atoms with Crippen LogP contribution >= 0.6 is 11.8 Å². The average molecular weight is 223 g/mol. The molecule has 1 heterocycles. The lowest BCUT2D eigenvalue weighted by molar-refractivity contribution is -0.112. The Labute approximate surface area is 93.1 Å². The second-order valence-corrected chi connectivity index (χ2v) is 4.41. The zero-order valence-electron chi connectivity index (χ0n) is 8.30. The van der Waals surface area contributed by atoms with Crippen molar-refractivity contribution in [2.45, 2.75) is 10.9 Å². The second-order valence-electron chi connectivity index (χ2n) is 3.43. The summed E-state index contributed by atoms with van der Waals surface area (Å²) in [7, 11) is 0. The van der Waals surface area contributed by atoms with E-state index < -0.39 is 0 Å². The van der Waals surface area contributed by atoms with Gasteiger partial charge in [0.15, 0.2) is 0 Å². The van der Waals surface area contributed by atoms with Gasteiger partial charge in [0.05, 0.1) is 18.5 Å². The molecule has 0 bridgehead atoms. The normalized spacial score (nSPS) is 21.0. The maximum Gasteiger partial charge on any atom is 0.141 e. The summed E-state index contributed by atoms with van der Waals surface area (Å²) < 4.78 is 0. The Balaban J connectivity index is 2.30. The van der Waals surface area contributed by atoms with E-state index >= 15 is 0 Å². The van der Waals surface area contributed by atoms with Gasteiger partial charge < -0.3 is 9.90 Å². The van der Waals surface area contributed by atoms with Crippen molar-refractivity contribution in [3.05, 3.63) is 29.8 Å². The standard InChI is InChI=1S/C11H13NO2S/c13-6-5-12-8-15-11-4-2-1-3-9(11)10(12)7-14/h1-4,7,10,13H,5-6,8H2. The Hall–Kier alpha value is -0.840.